The quantitative estimate of drug-likeness (QED) is 0.337. The van der Waals surface area contributed by atoms with Crippen LogP contribution in [0.15, 0.2) is 15.7 Å². The van der Waals surface area contributed by atoms with Gasteiger partial charge in [-0.3, -0.25) is 10.2 Å². The third-order valence-electron chi connectivity index (χ3n) is 1.26. The highest BCUT2D eigenvalue weighted by atomic mass is 32.2. The number of hydrogen-bond acceptors (Lipinski definition) is 5. The number of amides is 1. The maximum atomic E-state index is 11.0. The van der Waals surface area contributed by atoms with Crippen LogP contribution in [0.3, 0.4) is 0 Å². The molecule has 0 saturated heterocycles. The number of primary sulfonamides is 1. The average Bonchev–Trinajstić information content (AvgIpc) is 2.49. The summed E-state index contributed by atoms with van der Waals surface area (Å²) in [7, 11) is -3.84. The van der Waals surface area contributed by atoms with Crippen LogP contribution in [0.2, 0.25) is 0 Å². The summed E-state index contributed by atoms with van der Waals surface area (Å²) in [6, 6.07) is 1.34. The zero-order valence-electron chi connectivity index (χ0n) is 6.35. The van der Waals surface area contributed by atoms with E-state index in [1.165, 1.54) is 11.4 Å². The van der Waals surface area contributed by atoms with Gasteiger partial charge in [-0.25, -0.2) is 19.4 Å². The van der Waals surface area contributed by atoms with E-state index < -0.39 is 15.9 Å². The minimum Gasteiger partial charge on any atom is -0.290 e. The number of nitrogens with one attached hydrogen (secondary N) is 1. The molecule has 8 heteroatoms. The Hall–Kier alpha value is -0.960. The van der Waals surface area contributed by atoms with Crippen molar-refractivity contribution in [3.63, 3.8) is 0 Å². The van der Waals surface area contributed by atoms with Crippen LogP contribution in [0.5, 0.6) is 0 Å². The third kappa shape index (κ3) is 2.04. The molecule has 0 unspecified atom stereocenters. The zero-order chi connectivity index (χ0) is 10.1. The molecule has 72 valence electrons. The van der Waals surface area contributed by atoms with Gasteiger partial charge in [0.05, 0.1) is 5.56 Å². The van der Waals surface area contributed by atoms with E-state index in [1.807, 2.05) is 5.43 Å². The monoisotopic (exact) mass is 221 g/mol. The number of thiophene rings is 1. The maximum Gasteiger partial charge on any atom is 0.267 e. The zero-order valence-corrected chi connectivity index (χ0v) is 7.98. The van der Waals surface area contributed by atoms with Crippen molar-refractivity contribution >= 4 is 27.3 Å². The number of nitrogen functional groups attached to an aromatic ring is 1. The summed E-state index contributed by atoms with van der Waals surface area (Å²) in [5.74, 6) is 4.17. The highest BCUT2D eigenvalue weighted by Crippen LogP contribution is 2.20. The Labute approximate surface area is 78.6 Å². The molecule has 1 aromatic heterocycles. The molecule has 1 rings (SSSR count). The molecule has 1 aromatic rings. The van der Waals surface area contributed by atoms with E-state index in [2.05, 4.69) is 0 Å². The molecule has 0 fully saturated rings. The van der Waals surface area contributed by atoms with Crippen molar-refractivity contribution in [2.75, 3.05) is 0 Å². The van der Waals surface area contributed by atoms with Crippen molar-refractivity contribution < 1.29 is 13.2 Å². The lowest BCUT2D eigenvalue weighted by molar-refractivity contribution is 0.0951. The molecule has 0 aromatic carbocycles. The highest BCUT2D eigenvalue weighted by molar-refractivity contribution is 7.91. The van der Waals surface area contributed by atoms with Gasteiger partial charge in [-0.1, -0.05) is 0 Å². The molecule has 0 saturated carbocycles. The fraction of sp³-hybridized carbons (Fsp3) is 0. The lowest BCUT2D eigenvalue weighted by Crippen LogP contribution is -2.31. The van der Waals surface area contributed by atoms with Crippen molar-refractivity contribution in [1.29, 1.82) is 0 Å². The minimum absolute atomic E-state index is 0.0324. The lowest BCUT2D eigenvalue weighted by Gasteiger charge is -1.98. The van der Waals surface area contributed by atoms with E-state index in [4.69, 9.17) is 11.0 Å². The van der Waals surface area contributed by atoms with E-state index in [1.54, 1.807) is 0 Å². The van der Waals surface area contributed by atoms with Crippen LogP contribution >= 0.6 is 11.3 Å². The topological polar surface area (TPSA) is 115 Å². The molecule has 0 radical (unpaired) electrons. The summed E-state index contributed by atoms with van der Waals surface area (Å²) >= 11 is 0.871. The molecular weight excluding hydrogens is 214 g/mol. The number of sulfonamides is 1. The van der Waals surface area contributed by atoms with Crippen LogP contribution in [0.4, 0.5) is 0 Å². The van der Waals surface area contributed by atoms with Gasteiger partial charge < -0.3 is 0 Å². The lowest BCUT2D eigenvalue weighted by atomic mass is 10.3. The van der Waals surface area contributed by atoms with Crippen molar-refractivity contribution in [2.24, 2.45) is 11.0 Å². The van der Waals surface area contributed by atoms with Crippen molar-refractivity contribution in [1.82, 2.24) is 5.43 Å². The summed E-state index contributed by atoms with van der Waals surface area (Å²) in [6.45, 7) is 0. The number of nitrogens with two attached hydrogens (primary N) is 2. The molecule has 0 spiro atoms. The van der Waals surface area contributed by atoms with Crippen LogP contribution in [0, 0.1) is 0 Å². The first-order chi connectivity index (χ1) is 5.96. The number of hydrazine groups is 1. The predicted molar refractivity (Wildman–Crippen MR) is 47.3 cm³/mol. The molecular formula is C5H7N3O3S2. The minimum atomic E-state index is -3.84. The van der Waals surface area contributed by atoms with E-state index in [-0.39, 0.29) is 9.77 Å². The Morgan fingerprint density at radius 1 is 1.54 bits per heavy atom. The Balaban J connectivity index is 3.26. The van der Waals surface area contributed by atoms with E-state index in [0.29, 0.717) is 0 Å². The fourth-order valence-corrected chi connectivity index (χ4v) is 2.55. The van der Waals surface area contributed by atoms with Crippen LogP contribution in [0.1, 0.15) is 10.4 Å². The van der Waals surface area contributed by atoms with E-state index >= 15 is 0 Å². The van der Waals surface area contributed by atoms with Gasteiger partial charge in [-0.2, -0.15) is 0 Å². The van der Waals surface area contributed by atoms with Crippen molar-refractivity contribution in [3.05, 3.63) is 17.0 Å². The van der Waals surface area contributed by atoms with Gasteiger partial charge in [-0.15, -0.1) is 11.3 Å². The van der Waals surface area contributed by atoms with Gasteiger partial charge >= 0.3 is 0 Å². The third-order valence-corrected chi connectivity index (χ3v) is 3.69. The standard InChI is InChI=1S/C5H7N3O3S2/c6-8-4(9)3-1-2-12-5(3)13(7,10)11/h1-2H,6H2,(H,8,9)(H2,7,10,11). The molecule has 13 heavy (non-hydrogen) atoms. The first kappa shape index (κ1) is 10.1. The molecule has 0 atom stereocenters. The fourth-order valence-electron chi connectivity index (χ4n) is 0.762. The molecule has 0 aliphatic heterocycles. The smallest absolute Gasteiger partial charge is 0.267 e. The summed E-state index contributed by atoms with van der Waals surface area (Å²) < 4.78 is 21.6. The summed E-state index contributed by atoms with van der Waals surface area (Å²) in [5.41, 5.74) is 1.80. The SMILES string of the molecule is NNC(=O)c1ccsc1S(N)(=O)=O. The Morgan fingerprint density at radius 2 is 2.15 bits per heavy atom. The summed E-state index contributed by atoms with van der Waals surface area (Å²) in [5, 5.41) is 6.31. The molecule has 1 amide bonds. The Kier molecular flexibility index (Phi) is 2.66. The Bertz CT molecular complexity index is 422. The first-order valence-electron chi connectivity index (χ1n) is 3.08. The van der Waals surface area contributed by atoms with Crippen LogP contribution in [-0.4, -0.2) is 14.3 Å². The van der Waals surface area contributed by atoms with E-state index in [9.17, 15) is 13.2 Å². The van der Waals surface area contributed by atoms with Crippen molar-refractivity contribution in [3.8, 4) is 0 Å². The van der Waals surface area contributed by atoms with Gasteiger partial charge in [-0.05, 0) is 11.4 Å². The van der Waals surface area contributed by atoms with Crippen LogP contribution in [-0.2, 0) is 10.0 Å². The number of hydrogen-bond donors (Lipinski definition) is 3. The second-order valence-corrected chi connectivity index (χ2v) is 4.81. The van der Waals surface area contributed by atoms with Crippen LogP contribution < -0.4 is 16.4 Å². The van der Waals surface area contributed by atoms with Crippen LogP contribution in [0.25, 0.3) is 0 Å². The van der Waals surface area contributed by atoms with Crippen molar-refractivity contribution in [2.45, 2.75) is 4.21 Å². The van der Waals surface area contributed by atoms with E-state index in [0.717, 1.165) is 11.3 Å². The normalized spacial score (nSPS) is 11.2. The van der Waals surface area contributed by atoms with Gasteiger partial charge in [0.2, 0.25) is 10.0 Å². The highest BCUT2D eigenvalue weighted by Gasteiger charge is 2.19. The summed E-state index contributed by atoms with van der Waals surface area (Å²) in [4.78, 5) is 11.0. The maximum absolute atomic E-state index is 11.0. The second-order valence-electron chi connectivity index (χ2n) is 2.14. The largest absolute Gasteiger partial charge is 0.290 e. The molecule has 0 aliphatic carbocycles. The average molecular weight is 221 g/mol. The van der Waals surface area contributed by atoms with Gasteiger partial charge in [0.25, 0.3) is 5.91 Å². The second kappa shape index (κ2) is 3.42. The molecule has 6 nitrogen and oxygen atoms in total. The first-order valence-corrected chi connectivity index (χ1v) is 5.50. The number of rotatable bonds is 2. The molecule has 0 aliphatic rings. The predicted octanol–water partition coefficient (Wildman–Crippen LogP) is -1.00. The summed E-state index contributed by atoms with van der Waals surface area (Å²) in [6.07, 6.45) is 0. The number of carbonyl (C=O) groups excluding carboxylic acids is 1. The Morgan fingerprint density at radius 3 is 2.62 bits per heavy atom. The molecule has 0 bridgehead atoms. The molecule has 5 N–H and O–H groups in total. The van der Waals surface area contributed by atoms with Gasteiger partial charge in [0.15, 0.2) is 0 Å². The molecule has 1 heterocycles. The van der Waals surface area contributed by atoms with Gasteiger partial charge in [0.1, 0.15) is 4.21 Å². The number of carbonyl (C=O) groups is 1. The van der Waals surface area contributed by atoms with Gasteiger partial charge in [0, 0.05) is 0 Å².